The molecule has 0 radical (unpaired) electrons. The largest absolute Gasteiger partial charge is 0.358 e. The third-order valence-corrected chi connectivity index (χ3v) is 5.53. The van der Waals surface area contributed by atoms with Crippen LogP contribution in [0.3, 0.4) is 0 Å². The first-order valence-corrected chi connectivity index (χ1v) is 13.3. The summed E-state index contributed by atoms with van der Waals surface area (Å²) in [5.41, 5.74) is 8.73. The molecule has 0 fully saturated rings. The molecule has 0 saturated heterocycles. The van der Waals surface area contributed by atoms with Crippen molar-refractivity contribution in [2.75, 3.05) is 0 Å². The molecule has 3 aromatic rings. The Balaban J connectivity index is 0. The van der Waals surface area contributed by atoms with Gasteiger partial charge in [0.25, 0.3) is 0 Å². The van der Waals surface area contributed by atoms with Crippen molar-refractivity contribution in [1.82, 2.24) is 0 Å². The Morgan fingerprint density at radius 2 is 1.50 bits per heavy atom. The monoisotopic (exact) mass is 596 g/mol. The van der Waals surface area contributed by atoms with Gasteiger partial charge in [-0.1, -0.05) is 87.8 Å². The van der Waals surface area contributed by atoms with Crippen molar-refractivity contribution in [1.29, 1.82) is 0 Å². The minimum Gasteiger partial charge on any atom is -0.358 e. The number of hydrogen-bond acceptors (Lipinski definition) is 0. The van der Waals surface area contributed by atoms with Crippen LogP contribution in [-0.4, -0.2) is 4.21 Å². The van der Waals surface area contributed by atoms with Crippen LogP contribution in [0.2, 0.25) is 0 Å². The van der Waals surface area contributed by atoms with Gasteiger partial charge in [-0.05, 0) is 6.42 Å². The van der Waals surface area contributed by atoms with E-state index in [9.17, 15) is 0 Å². The van der Waals surface area contributed by atoms with E-state index in [1.807, 2.05) is 36.4 Å². The zero-order chi connectivity index (χ0) is 24.3. The van der Waals surface area contributed by atoms with Gasteiger partial charge in [0.2, 0.25) is 0 Å². The minimum absolute atomic E-state index is 0. The maximum absolute atomic E-state index is 3.48. The van der Waals surface area contributed by atoms with Gasteiger partial charge in [-0.25, -0.2) is 5.57 Å². The second-order valence-corrected chi connectivity index (χ2v) is 9.07. The van der Waals surface area contributed by atoms with E-state index < -0.39 is 0 Å². The summed E-state index contributed by atoms with van der Waals surface area (Å²) in [6, 6.07) is 30.6. The number of rotatable bonds is 1. The van der Waals surface area contributed by atoms with E-state index in [1.54, 1.807) is 0 Å². The predicted molar refractivity (Wildman–Crippen MR) is 161 cm³/mol. The molecule has 0 aromatic heterocycles. The predicted octanol–water partition coefficient (Wildman–Crippen LogP) is 9.55. The third kappa shape index (κ3) is 10.8. The van der Waals surface area contributed by atoms with Gasteiger partial charge >= 0.3 is 28.4 Å². The molecule has 2 aliphatic rings. The first-order valence-electron chi connectivity index (χ1n) is 11.6. The first-order chi connectivity index (χ1) is 15.9. The van der Waals surface area contributed by atoms with Crippen LogP contribution in [0.15, 0.2) is 90.0 Å². The molecule has 36 heavy (non-hydrogen) atoms. The Morgan fingerprint density at radius 3 is 2.00 bits per heavy atom. The van der Waals surface area contributed by atoms with E-state index in [0.717, 1.165) is 12.8 Å². The normalized spacial score (nSPS) is 13.8. The summed E-state index contributed by atoms with van der Waals surface area (Å²) in [4.78, 5) is 0. The number of fused-ring (bicyclic) bond motifs is 3. The second kappa shape index (κ2) is 18.7. The van der Waals surface area contributed by atoms with E-state index in [-0.39, 0.29) is 32.2 Å². The molecule has 1 unspecified atom stereocenters. The number of hydrogen-bond donors (Lipinski definition) is 0. The molecule has 0 heterocycles. The SMILES string of the molecule is CCC1=[C-]C(C)C=C1C(C)(C)C.Cl.Cl.[CH2]=[Zr].[CH3-].[c-]1cccc2c1Cc1ccccc1-2.[c-]1ccccc1. The molecule has 194 valence electrons. The Labute approximate surface area is 248 Å². The Morgan fingerprint density at radius 1 is 0.889 bits per heavy atom. The van der Waals surface area contributed by atoms with Crippen LogP contribution in [0.4, 0.5) is 0 Å². The fourth-order valence-electron chi connectivity index (χ4n) is 4.08. The van der Waals surface area contributed by atoms with Crippen LogP contribution in [0.25, 0.3) is 11.1 Å². The Kier molecular flexibility index (Phi) is 19.0. The molecule has 5 rings (SSSR count). The van der Waals surface area contributed by atoms with Gasteiger partial charge in [0.05, 0.1) is 0 Å². The Hall–Kier alpha value is -1.53. The number of benzene rings is 3. The van der Waals surface area contributed by atoms with Crippen LogP contribution in [0, 0.1) is 37.0 Å². The van der Waals surface area contributed by atoms with Gasteiger partial charge in [-0.3, -0.25) is 6.08 Å². The standard InChI is InChI=1S/C13H9.C12H19.C6H5.CH3.CH2.2ClH.Zr/c1-3-7-12-10(5-1)9-11-6-2-4-8-13(11)12;1-6-10-7-9(2)8-11(10)12(3,4)5;1-2-4-6-5-3-1;;;;;/h1-5,7-8H,9H2;8-9H,6H2,1-5H3;1-5H;1H3;1H2;2*1H;/q4*-1;;;;. The molecular weight excluding hydrogens is 558 g/mol. The van der Waals surface area contributed by atoms with Gasteiger partial charge in [0.15, 0.2) is 0 Å². The van der Waals surface area contributed by atoms with E-state index in [0.29, 0.717) is 11.3 Å². The van der Waals surface area contributed by atoms with Gasteiger partial charge in [0, 0.05) is 0 Å². The number of allylic oxidation sites excluding steroid dienone is 4. The summed E-state index contributed by atoms with van der Waals surface area (Å²) in [5.74, 6) is 0.522. The molecule has 0 amide bonds. The second-order valence-electron chi connectivity index (χ2n) is 9.07. The maximum Gasteiger partial charge on any atom is -0.0253 e. The maximum atomic E-state index is 3.48. The van der Waals surface area contributed by atoms with Gasteiger partial charge in [0.1, 0.15) is 0 Å². The minimum atomic E-state index is 0. The van der Waals surface area contributed by atoms with Crippen LogP contribution in [0.5, 0.6) is 0 Å². The summed E-state index contributed by atoms with van der Waals surface area (Å²) in [6.45, 7) is 11.2. The van der Waals surface area contributed by atoms with Crippen molar-refractivity contribution in [3.63, 3.8) is 0 Å². The van der Waals surface area contributed by atoms with Crippen LogP contribution in [-0.2, 0) is 30.7 Å². The average molecular weight is 599 g/mol. The average Bonchev–Trinajstić information content (AvgIpc) is 3.42. The van der Waals surface area contributed by atoms with Crippen molar-refractivity contribution in [2.45, 2.75) is 47.5 Å². The van der Waals surface area contributed by atoms with Crippen molar-refractivity contribution < 1.29 is 24.2 Å². The molecule has 0 spiro atoms. The molecule has 0 nitrogen and oxygen atoms in total. The zero-order valence-corrected chi connectivity index (χ0v) is 26.6. The van der Waals surface area contributed by atoms with E-state index >= 15 is 0 Å². The van der Waals surface area contributed by atoms with Gasteiger partial charge in [-0.2, -0.15) is 77.9 Å². The zero-order valence-electron chi connectivity index (χ0n) is 22.5. The number of halogens is 2. The van der Waals surface area contributed by atoms with Crippen molar-refractivity contribution in [3.8, 4) is 11.1 Å². The van der Waals surface area contributed by atoms with Gasteiger partial charge in [-0.15, -0.1) is 30.4 Å². The molecule has 0 aliphatic heterocycles. The fraction of sp³-hybridized carbons (Fsp3) is 0.273. The van der Waals surface area contributed by atoms with Crippen LogP contribution >= 0.6 is 24.8 Å². The van der Waals surface area contributed by atoms with Crippen molar-refractivity contribution in [2.24, 2.45) is 11.3 Å². The molecule has 0 saturated carbocycles. The smallest absolute Gasteiger partial charge is 0.0253 e. The fourth-order valence-corrected chi connectivity index (χ4v) is 4.08. The molecule has 3 heteroatoms. The molecule has 2 aliphatic carbocycles. The summed E-state index contributed by atoms with van der Waals surface area (Å²) in [5, 5.41) is 0. The van der Waals surface area contributed by atoms with E-state index in [4.69, 9.17) is 0 Å². The summed E-state index contributed by atoms with van der Waals surface area (Å²) in [6.07, 6.45) is 8.00. The summed E-state index contributed by atoms with van der Waals surface area (Å²) in [7, 11) is 0. The Bertz CT molecular complexity index is 992. The molecular formula is C33H40Cl2Zr-4. The molecule has 0 N–H and O–H groups in total. The third-order valence-electron chi connectivity index (χ3n) is 5.53. The van der Waals surface area contributed by atoms with Crippen LogP contribution in [0.1, 0.15) is 52.2 Å². The molecule has 1 atom stereocenters. The van der Waals surface area contributed by atoms with Gasteiger partial charge < -0.3 is 7.43 Å². The van der Waals surface area contributed by atoms with Crippen molar-refractivity contribution in [3.05, 3.63) is 127 Å². The van der Waals surface area contributed by atoms with E-state index in [1.165, 1.54) is 57.6 Å². The van der Waals surface area contributed by atoms with Crippen molar-refractivity contribution >= 4 is 29.0 Å². The summed E-state index contributed by atoms with van der Waals surface area (Å²) >= 11 is 1.30. The van der Waals surface area contributed by atoms with Crippen LogP contribution < -0.4 is 0 Å². The molecule has 3 aromatic carbocycles. The summed E-state index contributed by atoms with van der Waals surface area (Å²) < 4.78 is 3.34. The topological polar surface area (TPSA) is 0 Å². The quantitative estimate of drug-likeness (QED) is 0.191. The van der Waals surface area contributed by atoms with E-state index in [2.05, 4.69) is 99.5 Å². The molecule has 0 bridgehead atoms. The first kappa shape index (κ1) is 36.6.